The first kappa shape index (κ1) is 8.30. The summed E-state index contributed by atoms with van der Waals surface area (Å²) < 4.78 is 0. The molecule has 0 fully saturated rings. The highest BCUT2D eigenvalue weighted by molar-refractivity contribution is 6.13. The second kappa shape index (κ2) is 3.55. The van der Waals surface area contributed by atoms with Crippen LogP contribution >= 0.6 is 0 Å². The highest BCUT2D eigenvalue weighted by atomic mass is 16.4. The minimum Gasteiger partial charge on any atom is -0.429 e. The summed E-state index contributed by atoms with van der Waals surface area (Å²) in [5, 5.41) is 14.0. The average Bonchev–Trinajstić information content (AvgIpc) is 2.43. The van der Waals surface area contributed by atoms with Crippen LogP contribution in [0.15, 0.2) is 18.2 Å². The normalized spacial score (nSPS) is 9.73. The van der Waals surface area contributed by atoms with Gasteiger partial charge in [-0.2, -0.15) is 0 Å². The van der Waals surface area contributed by atoms with E-state index in [2.05, 4.69) is 25.1 Å². The first-order chi connectivity index (χ1) is 5.35. The number of benzene rings is 1. The molecule has 0 aliphatic heterocycles. The van der Waals surface area contributed by atoms with E-state index in [-0.39, 0.29) is 7.69 Å². The molecule has 2 nitrogen and oxygen atoms in total. The lowest BCUT2D eigenvalue weighted by atomic mass is 10.4. The van der Waals surface area contributed by atoms with Crippen molar-refractivity contribution in [3.8, 4) is 11.1 Å². The van der Waals surface area contributed by atoms with Gasteiger partial charge in [0.25, 0.3) is 0 Å². The Morgan fingerprint density at radius 2 is 1.73 bits per heavy atom. The number of fused-ring (bicyclic) bond motifs is 1. The topological polar surface area (TPSA) is 40.5 Å². The van der Waals surface area contributed by atoms with E-state index in [0.29, 0.717) is 0 Å². The molecular formula is C8H10BO2. The fourth-order valence-corrected chi connectivity index (χ4v) is 1.26. The number of hydrogen-bond acceptors (Lipinski definition) is 2. The summed E-state index contributed by atoms with van der Waals surface area (Å²) >= 11 is 0. The molecule has 0 unspecified atom stereocenters. The number of rotatable bonds is 1. The van der Waals surface area contributed by atoms with Crippen LogP contribution in [0.3, 0.4) is 0 Å². The zero-order valence-electron chi connectivity index (χ0n) is 6.41. The van der Waals surface area contributed by atoms with E-state index >= 15 is 0 Å². The largest absolute Gasteiger partial charge is 0.482 e. The summed E-state index contributed by atoms with van der Waals surface area (Å²) in [5.74, 6) is 0. The predicted octanol–water partition coefficient (Wildman–Crippen LogP) is 0.735. The van der Waals surface area contributed by atoms with Crippen LogP contribution in [0.1, 0.15) is 12.5 Å². The van der Waals surface area contributed by atoms with E-state index in [1.807, 2.05) is 0 Å². The maximum Gasteiger partial charge on any atom is 0.482 e. The van der Waals surface area contributed by atoms with Gasteiger partial charge in [0.05, 0.1) is 0 Å². The zero-order valence-corrected chi connectivity index (χ0v) is 6.41. The quantitative estimate of drug-likeness (QED) is 0.587. The van der Waals surface area contributed by atoms with Gasteiger partial charge in [-0.1, -0.05) is 25.1 Å². The van der Waals surface area contributed by atoms with E-state index in [1.54, 1.807) is 5.56 Å². The molecule has 2 N–H and O–H groups in total. The predicted molar refractivity (Wildman–Crippen MR) is 45.0 cm³/mol. The van der Waals surface area contributed by atoms with Crippen molar-refractivity contribution >= 4 is 7.69 Å². The lowest BCUT2D eigenvalue weighted by Crippen LogP contribution is -1.75. The van der Waals surface area contributed by atoms with Crippen molar-refractivity contribution in [2.75, 3.05) is 0 Å². The van der Waals surface area contributed by atoms with Crippen molar-refractivity contribution in [1.29, 1.82) is 0 Å². The van der Waals surface area contributed by atoms with Gasteiger partial charge in [-0.05, 0) is 23.1 Å². The molecule has 2 aliphatic carbocycles. The van der Waals surface area contributed by atoms with Crippen molar-refractivity contribution in [2.45, 2.75) is 13.3 Å². The van der Waals surface area contributed by atoms with E-state index in [1.165, 1.54) is 17.5 Å². The third-order valence-electron chi connectivity index (χ3n) is 1.76. The molecule has 0 saturated heterocycles. The molecule has 0 heterocycles. The van der Waals surface area contributed by atoms with Gasteiger partial charge in [0.2, 0.25) is 0 Å². The average molecular weight is 149 g/mol. The van der Waals surface area contributed by atoms with E-state index in [0.717, 1.165) is 0 Å². The highest BCUT2D eigenvalue weighted by Gasteiger charge is 2.19. The summed E-state index contributed by atoms with van der Waals surface area (Å²) in [6.07, 6.45) is 1.21. The Bertz CT molecular complexity index is 228. The van der Waals surface area contributed by atoms with Crippen LogP contribution in [0.5, 0.6) is 0 Å². The fraction of sp³-hybridized carbons (Fsp3) is 0.250. The van der Waals surface area contributed by atoms with Crippen LogP contribution < -0.4 is 0 Å². The first-order valence-corrected chi connectivity index (χ1v) is 3.57. The lowest BCUT2D eigenvalue weighted by Gasteiger charge is -1.69. The zero-order chi connectivity index (χ0) is 8.27. The molecule has 0 amide bonds. The second-order valence-corrected chi connectivity index (χ2v) is 2.30. The third kappa shape index (κ3) is 1.61. The molecule has 0 aromatic carbocycles. The van der Waals surface area contributed by atoms with Crippen LogP contribution in [0, 0.1) is 0 Å². The molecule has 0 bridgehead atoms. The minimum atomic E-state index is 0. The Hall–Kier alpha value is -0.795. The Balaban J connectivity index is 0.000000179. The van der Waals surface area contributed by atoms with E-state index < -0.39 is 0 Å². The molecule has 0 aromatic heterocycles. The molecule has 1 radical (unpaired) electrons. The van der Waals surface area contributed by atoms with Crippen molar-refractivity contribution in [1.82, 2.24) is 0 Å². The Morgan fingerprint density at radius 1 is 1.27 bits per heavy atom. The van der Waals surface area contributed by atoms with Crippen LogP contribution in [0.4, 0.5) is 0 Å². The summed E-state index contributed by atoms with van der Waals surface area (Å²) in [5.41, 5.74) is 4.59. The Morgan fingerprint density at radius 3 is 2.00 bits per heavy atom. The van der Waals surface area contributed by atoms with Gasteiger partial charge >= 0.3 is 7.69 Å². The molecule has 0 aromatic rings. The van der Waals surface area contributed by atoms with Crippen molar-refractivity contribution in [3.63, 3.8) is 0 Å². The Kier molecular flexibility index (Phi) is 2.68. The molecule has 0 atom stereocenters. The summed E-state index contributed by atoms with van der Waals surface area (Å²) in [6, 6.07) is 6.49. The Labute approximate surface area is 66.8 Å². The molecule has 2 rings (SSSR count). The van der Waals surface area contributed by atoms with Crippen LogP contribution in [0.25, 0.3) is 11.1 Å². The molecule has 57 valence electrons. The van der Waals surface area contributed by atoms with Crippen LogP contribution in [-0.4, -0.2) is 17.7 Å². The minimum absolute atomic E-state index is 0. The summed E-state index contributed by atoms with van der Waals surface area (Å²) in [7, 11) is 0. The summed E-state index contributed by atoms with van der Waals surface area (Å²) in [6.45, 7) is 2.20. The lowest BCUT2D eigenvalue weighted by molar-refractivity contribution is 0.448. The first-order valence-electron chi connectivity index (χ1n) is 3.57. The number of hydrogen-bond donors (Lipinski definition) is 2. The molecular weight excluding hydrogens is 139 g/mol. The van der Waals surface area contributed by atoms with Gasteiger partial charge in [-0.25, -0.2) is 0 Å². The number of aryl methyl sites for hydroxylation is 1. The third-order valence-corrected chi connectivity index (χ3v) is 1.76. The van der Waals surface area contributed by atoms with E-state index in [9.17, 15) is 0 Å². The second-order valence-electron chi connectivity index (χ2n) is 2.30. The molecule has 0 spiro atoms. The van der Waals surface area contributed by atoms with Crippen LogP contribution in [-0.2, 0) is 6.42 Å². The summed E-state index contributed by atoms with van der Waals surface area (Å²) in [4.78, 5) is 0. The van der Waals surface area contributed by atoms with Crippen molar-refractivity contribution in [2.24, 2.45) is 0 Å². The van der Waals surface area contributed by atoms with Gasteiger partial charge in [0.15, 0.2) is 0 Å². The van der Waals surface area contributed by atoms with Gasteiger partial charge in [0, 0.05) is 0 Å². The van der Waals surface area contributed by atoms with Crippen molar-refractivity contribution < 1.29 is 10.0 Å². The molecule has 3 heteroatoms. The highest BCUT2D eigenvalue weighted by Crippen LogP contribution is 2.42. The monoisotopic (exact) mass is 149 g/mol. The molecule has 11 heavy (non-hydrogen) atoms. The molecule has 0 saturated carbocycles. The SMILES string of the molecule is CCc1c2cccc1-2.O[B]O. The van der Waals surface area contributed by atoms with Gasteiger partial charge < -0.3 is 10.0 Å². The molecule has 2 aliphatic rings. The standard InChI is InChI=1S/C8H8.BH2O2/c1-2-6-7-4-3-5-8(6)7;2-1-3/h3-5H,2H2,1H3;2-3H. The maximum atomic E-state index is 7.00. The van der Waals surface area contributed by atoms with Crippen molar-refractivity contribution in [3.05, 3.63) is 23.8 Å². The smallest absolute Gasteiger partial charge is 0.429 e. The van der Waals surface area contributed by atoms with E-state index in [4.69, 9.17) is 10.0 Å². The van der Waals surface area contributed by atoms with Gasteiger partial charge in [-0.3, -0.25) is 0 Å². The van der Waals surface area contributed by atoms with Crippen LogP contribution in [0.2, 0.25) is 0 Å². The van der Waals surface area contributed by atoms with Gasteiger partial charge in [0.1, 0.15) is 0 Å². The maximum absolute atomic E-state index is 7.00. The van der Waals surface area contributed by atoms with Gasteiger partial charge in [-0.15, -0.1) is 0 Å². The fourth-order valence-electron chi connectivity index (χ4n) is 1.26.